The number of aromatic carboxylic acids is 1. The molecule has 0 spiro atoms. The molecule has 0 aliphatic heterocycles. The molecular formula is C18H15F6N5O3S. The maximum absolute atomic E-state index is 13.1. The molecule has 1 aliphatic carbocycles. The summed E-state index contributed by atoms with van der Waals surface area (Å²) in [6, 6.07) is -1.00. The van der Waals surface area contributed by atoms with Gasteiger partial charge >= 0.3 is 18.3 Å². The lowest BCUT2D eigenvalue weighted by Gasteiger charge is -2.25. The van der Waals surface area contributed by atoms with E-state index in [0.29, 0.717) is 6.08 Å². The number of nitrogens with one attached hydrogen (secondary N) is 1. The fourth-order valence-corrected chi connectivity index (χ4v) is 3.76. The summed E-state index contributed by atoms with van der Waals surface area (Å²) in [7, 11) is 0. The van der Waals surface area contributed by atoms with Gasteiger partial charge in [-0.15, -0.1) is 5.10 Å². The third kappa shape index (κ3) is 5.40. The van der Waals surface area contributed by atoms with Gasteiger partial charge in [0, 0.05) is 5.57 Å². The van der Waals surface area contributed by atoms with Crippen molar-refractivity contribution >= 4 is 23.2 Å². The molecule has 3 rings (SSSR count). The molecule has 0 saturated carbocycles. The zero-order chi connectivity index (χ0) is 24.7. The molecule has 33 heavy (non-hydrogen) atoms. The topological polar surface area (TPSA) is 110 Å². The standard InChI is InChI=1S/C18H15F6N5O3S/c1-7(13-27-8(2)28-29(13)16-25-6-12(33-16)15(31)32)26-14(30)9-3-10(17(19,20)21)5-11(4-9)18(22,23)24/h3,5-7,9H,4H2,1-2H3,(H,26,30)(H,31,32)/t7-,9?/m0/s1. The minimum atomic E-state index is -5.06. The molecule has 0 saturated heterocycles. The van der Waals surface area contributed by atoms with Crippen LogP contribution >= 0.6 is 11.3 Å². The normalized spacial score (nSPS) is 17.9. The van der Waals surface area contributed by atoms with Gasteiger partial charge in [-0.25, -0.2) is 14.8 Å². The van der Waals surface area contributed by atoms with Crippen molar-refractivity contribution in [2.24, 2.45) is 5.92 Å². The molecule has 178 valence electrons. The number of allylic oxidation sites excluding steroid dienone is 3. The summed E-state index contributed by atoms with van der Waals surface area (Å²) in [5.41, 5.74) is -3.02. The fraction of sp³-hybridized carbons (Fsp3) is 0.389. The lowest BCUT2D eigenvalue weighted by atomic mass is 9.88. The molecule has 2 heterocycles. The first kappa shape index (κ1) is 24.4. The molecule has 0 bridgehead atoms. The fourth-order valence-electron chi connectivity index (χ4n) is 3.05. The molecule has 2 aromatic rings. The maximum Gasteiger partial charge on any atom is 0.416 e. The third-order valence-electron chi connectivity index (χ3n) is 4.55. The summed E-state index contributed by atoms with van der Waals surface area (Å²) in [5, 5.41) is 15.6. The van der Waals surface area contributed by atoms with E-state index in [1.165, 1.54) is 13.8 Å². The Morgan fingerprint density at radius 1 is 1.24 bits per heavy atom. The Morgan fingerprint density at radius 2 is 1.91 bits per heavy atom. The van der Waals surface area contributed by atoms with E-state index >= 15 is 0 Å². The van der Waals surface area contributed by atoms with Crippen LogP contribution < -0.4 is 5.32 Å². The van der Waals surface area contributed by atoms with Crippen molar-refractivity contribution in [3.63, 3.8) is 0 Å². The average molecular weight is 495 g/mol. The van der Waals surface area contributed by atoms with E-state index in [1.807, 2.05) is 0 Å². The van der Waals surface area contributed by atoms with Crippen molar-refractivity contribution in [2.75, 3.05) is 0 Å². The van der Waals surface area contributed by atoms with Crippen LogP contribution in [0.15, 0.2) is 29.5 Å². The van der Waals surface area contributed by atoms with Gasteiger partial charge in [0.25, 0.3) is 0 Å². The Bertz CT molecular complexity index is 1150. The van der Waals surface area contributed by atoms with Crippen molar-refractivity contribution in [3.8, 4) is 5.13 Å². The van der Waals surface area contributed by atoms with Crippen molar-refractivity contribution in [1.82, 2.24) is 25.1 Å². The van der Waals surface area contributed by atoms with E-state index in [2.05, 4.69) is 20.4 Å². The lowest BCUT2D eigenvalue weighted by molar-refractivity contribution is -0.125. The SMILES string of the molecule is Cc1nc([C@H](C)NC(=O)C2C=C(C(F)(F)F)C=C(C(F)(F)F)C2)n(-c2ncc(C(=O)O)s2)n1. The van der Waals surface area contributed by atoms with E-state index in [0.717, 1.165) is 22.2 Å². The summed E-state index contributed by atoms with van der Waals surface area (Å²) in [4.78, 5) is 31.6. The van der Waals surface area contributed by atoms with Crippen LogP contribution in [-0.2, 0) is 4.79 Å². The highest BCUT2D eigenvalue weighted by Crippen LogP contribution is 2.40. The van der Waals surface area contributed by atoms with Gasteiger partial charge in [-0.05, 0) is 26.3 Å². The summed E-state index contributed by atoms with van der Waals surface area (Å²) in [6.07, 6.45) is -9.52. The highest BCUT2D eigenvalue weighted by atomic mass is 32.1. The van der Waals surface area contributed by atoms with Crippen LogP contribution in [0.1, 0.15) is 40.7 Å². The molecular weight excluding hydrogens is 480 g/mol. The second kappa shape index (κ2) is 8.61. The summed E-state index contributed by atoms with van der Waals surface area (Å²) in [6.45, 7) is 2.90. The van der Waals surface area contributed by atoms with E-state index < -0.39 is 53.8 Å². The summed E-state index contributed by atoms with van der Waals surface area (Å²) < 4.78 is 79.7. The van der Waals surface area contributed by atoms with Crippen molar-refractivity contribution in [3.05, 3.63) is 46.0 Å². The van der Waals surface area contributed by atoms with Crippen LogP contribution in [0.3, 0.4) is 0 Å². The molecule has 1 unspecified atom stereocenters. The Kier molecular flexibility index (Phi) is 6.37. The largest absolute Gasteiger partial charge is 0.477 e. The first-order chi connectivity index (χ1) is 15.2. The number of carbonyl (C=O) groups excluding carboxylic acids is 1. The minimum Gasteiger partial charge on any atom is -0.477 e. The number of aromatic nitrogens is 4. The molecule has 0 radical (unpaired) electrons. The average Bonchev–Trinajstić information content (AvgIpc) is 3.33. The Labute approximate surface area is 185 Å². The van der Waals surface area contributed by atoms with Gasteiger partial charge in [0.1, 0.15) is 10.7 Å². The third-order valence-corrected chi connectivity index (χ3v) is 5.51. The van der Waals surface area contributed by atoms with Gasteiger partial charge < -0.3 is 10.4 Å². The molecule has 0 fully saturated rings. The Hall–Kier alpha value is -3.23. The van der Waals surface area contributed by atoms with Crippen molar-refractivity contribution in [1.29, 1.82) is 0 Å². The van der Waals surface area contributed by atoms with Gasteiger partial charge in [0.2, 0.25) is 11.0 Å². The second-order valence-corrected chi connectivity index (χ2v) is 8.08. The van der Waals surface area contributed by atoms with Crippen LogP contribution in [0.4, 0.5) is 26.3 Å². The monoisotopic (exact) mass is 495 g/mol. The zero-order valence-corrected chi connectivity index (χ0v) is 17.6. The number of hydrogen-bond donors (Lipinski definition) is 2. The number of carbonyl (C=O) groups is 2. The second-order valence-electron chi connectivity index (χ2n) is 7.07. The highest BCUT2D eigenvalue weighted by Gasteiger charge is 2.43. The highest BCUT2D eigenvalue weighted by molar-refractivity contribution is 7.15. The molecule has 1 aliphatic rings. The predicted octanol–water partition coefficient (Wildman–Crippen LogP) is 3.90. The molecule has 2 atom stereocenters. The first-order valence-electron chi connectivity index (χ1n) is 9.17. The lowest BCUT2D eigenvalue weighted by Crippen LogP contribution is -2.36. The number of alkyl halides is 6. The Balaban J connectivity index is 1.86. The van der Waals surface area contributed by atoms with Gasteiger partial charge in [-0.1, -0.05) is 17.4 Å². The molecule has 2 aromatic heterocycles. The number of halogens is 6. The molecule has 2 N–H and O–H groups in total. The van der Waals surface area contributed by atoms with E-state index in [9.17, 15) is 35.9 Å². The van der Waals surface area contributed by atoms with Crippen LogP contribution in [-0.4, -0.2) is 49.1 Å². The van der Waals surface area contributed by atoms with E-state index in [4.69, 9.17) is 5.11 Å². The Morgan fingerprint density at radius 3 is 2.45 bits per heavy atom. The van der Waals surface area contributed by atoms with Gasteiger partial charge in [0.15, 0.2) is 5.82 Å². The number of aryl methyl sites for hydroxylation is 1. The summed E-state index contributed by atoms with van der Waals surface area (Å²) in [5.74, 6) is -3.73. The number of carboxylic acids is 1. The molecule has 0 aromatic carbocycles. The van der Waals surface area contributed by atoms with Crippen LogP contribution in [0.25, 0.3) is 5.13 Å². The van der Waals surface area contributed by atoms with Gasteiger partial charge in [0.05, 0.1) is 23.7 Å². The number of nitrogens with zero attached hydrogens (tertiary/aromatic N) is 4. The maximum atomic E-state index is 13.1. The van der Waals surface area contributed by atoms with Crippen LogP contribution in [0.5, 0.6) is 0 Å². The van der Waals surface area contributed by atoms with E-state index in [-0.39, 0.29) is 27.7 Å². The first-order valence-corrected chi connectivity index (χ1v) is 9.98. The number of hydrogen-bond acceptors (Lipinski definition) is 6. The quantitative estimate of drug-likeness (QED) is 0.609. The van der Waals surface area contributed by atoms with E-state index in [1.54, 1.807) is 0 Å². The molecule has 1 amide bonds. The summed E-state index contributed by atoms with van der Waals surface area (Å²) >= 11 is 0.762. The predicted molar refractivity (Wildman–Crippen MR) is 102 cm³/mol. The van der Waals surface area contributed by atoms with Crippen LogP contribution in [0.2, 0.25) is 0 Å². The van der Waals surface area contributed by atoms with Gasteiger partial charge in [-0.2, -0.15) is 31.0 Å². The minimum absolute atomic E-state index is 0.00427. The molecule has 15 heteroatoms. The van der Waals surface area contributed by atoms with Crippen molar-refractivity contribution < 1.29 is 41.0 Å². The zero-order valence-electron chi connectivity index (χ0n) is 16.8. The smallest absolute Gasteiger partial charge is 0.416 e. The number of thiazole rings is 1. The van der Waals surface area contributed by atoms with Gasteiger partial charge in [-0.3, -0.25) is 4.79 Å². The number of amides is 1. The molecule has 8 nitrogen and oxygen atoms in total. The number of rotatable bonds is 5. The number of carboxylic acid groups (broad SMARTS) is 1. The van der Waals surface area contributed by atoms with Crippen molar-refractivity contribution in [2.45, 2.75) is 38.7 Å². The van der Waals surface area contributed by atoms with Crippen LogP contribution in [0, 0.1) is 12.8 Å².